The summed E-state index contributed by atoms with van der Waals surface area (Å²) in [6.07, 6.45) is 0. The van der Waals surface area contributed by atoms with E-state index < -0.39 is 29.9 Å². The summed E-state index contributed by atoms with van der Waals surface area (Å²) < 4.78 is 17.9. The molecule has 0 aliphatic carbocycles. The van der Waals surface area contributed by atoms with Crippen LogP contribution in [0.25, 0.3) is 0 Å². The van der Waals surface area contributed by atoms with Gasteiger partial charge in [-0.05, 0) is 12.1 Å². The van der Waals surface area contributed by atoms with Crippen molar-refractivity contribution in [3.8, 4) is 5.75 Å². The molecule has 0 aliphatic heterocycles. The first-order valence-corrected chi connectivity index (χ1v) is 4.43. The van der Waals surface area contributed by atoms with Gasteiger partial charge in [-0.3, -0.25) is 4.79 Å². The van der Waals surface area contributed by atoms with E-state index in [0.717, 1.165) is 12.1 Å². The van der Waals surface area contributed by atoms with Crippen molar-refractivity contribution in [3.63, 3.8) is 0 Å². The third-order valence-corrected chi connectivity index (χ3v) is 1.93. The number of hydrogen-bond donors (Lipinski definition) is 2. The first-order chi connectivity index (χ1) is 7.41. The number of carboxylic acids is 1. The number of aliphatic carboxylic acids is 1. The molecule has 0 atom stereocenters. The smallest absolute Gasteiger partial charge is 0.341 e. The fraction of sp³-hybridized carbons (Fsp3) is 0.111. The Morgan fingerprint density at radius 3 is 2.62 bits per heavy atom. The molecule has 0 radical (unpaired) electrons. The van der Waals surface area contributed by atoms with Crippen molar-refractivity contribution < 1.29 is 23.8 Å². The molecule has 1 aromatic rings. The molecule has 1 rings (SSSR count). The van der Waals surface area contributed by atoms with Gasteiger partial charge in [-0.25, -0.2) is 9.18 Å². The van der Waals surface area contributed by atoms with Crippen molar-refractivity contribution in [1.29, 1.82) is 0 Å². The standard InChI is InChI=1S/C9H7ClFNO4/c10-5-2-6(11)4(9(12)15)1-7(5)16-3-8(13)14/h1-2H,3H2,(H2,12,15)(H,13,14). The SMILES string of the molecule is NC(=O)c1cc(OCC(=O)O)c(Cl)cc1F. The molecule has 0 fully saturated rings. The van der Waals surface area contributed by atoms with Gasteiger partial charge < -0.3 is 15.6 Å². The number of hydrogen-bond acceptors (Lipinski definition) is 3. The van der Waals surface area contributed by atoms with Crippen LogP contribution >= 0.6 is 11.6 Å². The van der Waals surface area contributed by atoms with E-state index in [1.165, 1.54) is 0 Å². The van der Waals surface area contributed by atoms with Crippen molar-refractivity contribution in [2.45, 2.75) is 0 Å². The van der Waals surface area contributed by atoms with Crippen LogP contribution in [0.2, 0.25) is 5.02 Å². The molecule has 7 heteroatoms. The Bertz CT molecular complexity index is 449. The predicted octanol–water partition coefficient (Wildman–Crippen LogP) is 1.04. The summed E-state index contributed by atoms with van der Waals surface area (Å²) >= 11 is 5.58. The second kappa shape index (κ2) is 4.80. The number of carbonyl (C=O) groups is 2. The fourth-order valence-corrected chi connectivity index (χ4v) is 1.17. The zero-order valence-electron chi connectivity index (χ0n) is 7.87. The van der Waals surface area contributed by atoms with E-state index in [9.17, 15) is 14.0 Å². The lowest BCUT2D eigenvalue weighted by Crippen LogP contribution is -2.14. The number of carbonyl (C=O) groups excluding carboxylic acids is 1. The average molecular weight is 248 g/mol. The maximum absolute atomic E-state index is 13.1. The minimum absolute atomic E-state index is 0.112. The maximum atomic E-state index is 13.1. The number of primary amides is 1. The van der Waals surface area contributed by atoms with Gasteiger partial charge in [0.1, 0.15) is 11.6 Å². The molecule has 0 unspecified atom stereocenters. The Hall–Kier alpha value is -1.82. The van der Waals surface area contributed by atoms with Crippen LogP contribution < -0.4 is 10.5 Å². The van der Waals surface area contributed by atoms with Crippen LogP contribution in [0.3, 0.4) is 0 Å². The number of benzene rings is 1. The average Bonchev–Trinajstić information content (AvgIpc) is 2.15. The van der Waals surface area contributed by atoms with E-state index in [1.54, 1.807) is 0 Å². The molecule has 0 bridgehead atoms. The number of rotatable bonds is 4. The first kappa shape index (κ1) is 12.3. The molecule has 0 saturated carbocycles. The monoisotopic (exact) mass is 247 g/mol. The van der Waals surface area contributed by atoms with Crippen LogP contribution in [0, 0.1) is 5.82 Å². The van der Waals surface area contributed by atoms with Gasteiger partial charge in [0, 0.05) is 0 Å². The second-order valence-corrected chi connectivity index (χ2v) is 3.22. The van der Waals surface area contributed by atoms with Gasteiger partial charge in [0.15, 0.2) is 6.61 Å². The summed E-state index contributed by atoms with van der Waals surface area (Å²) in [5.74, 6) is -3.21. The van der Waals surface area contributed by atoms with Crippen LogP contribution in [0.4, 0.5) is 4.39 Å². The van der Waals surface area contributed by atoms with Crippen LogP contribution in [0.5, 0.6) is 5.75 Å². The zero-order valence-corrected chi connectivity index (χ0v) is 8.62. The quantitative estimate of drug-likeness (QED) is 0.832. The molecule has 1 amide bonds. The van der Waals surface area contributed by atoms with Crippen molar-refractivity contribution in [3.05, 3.63) is 28.5 Å². The van der Waals surface area contributed by atoms with Gasteiger partial charge >= 0.3 is 5.97 Å². The van der Waals surface area contributed by atoms with Gasteiger partial charge in [0.2, 0.25) is 0 Å². The lowest BCUT2D eigenvalue weighted by atomic mass is 10.2. The Kier molecular flexibility index (Phi) is 3.68. The number of ether oxygens (including phenoxy) is 1. The predicted molar refractivity (Wildman–Crippen MR) is 53.1 cm³/mol. The van der Waals surface area contributed by atoms with Gasteiger partial charge in [0.25, 0.3) is 5.91 Å². The molecule has 86 valence electrons. The molecule has 0 saturated heterocycles. The van der Waals surface area contributed by atoms with E-state index in [2.05, 4.69) is 0 Å². The highest BCUT2D eigenvalue weighted by atomic mass is 35.5. The molecule has 0 aromatic heterocycles. The van der Waals surface area contributed by atoms with Crippen LogP contribution in [-0.4, -0.2) is 23.6 Å². The lowest BCUT2D eigenvalue weighted by molar-refractivity contribution is -0.139. The minimum Gasteiger partial charge on any atom is -0.480 e. The number of carboxylic acid groups (broad SMARTS) is 1. The molecular weight excluding hydrogens is 241 g/mol. The first-order valence-electron chi connectivity index (χ1n) is 4.05. The lowest BCUT2D eigenvalue weighted by Gasteiger charge is -2.07. The van der Waals surface area contributed by atoms with Crippen molar-refractivity contribution in [1.82, 2.24) is 0 Å². The van der Waals surface area contributed by atoms with Crippen LogP contribution in [-0.2, 0) is 4.79 Å². The summed E-state index contributed by atoms with van der Waals surface area (Å²) in [7, 11) is 0. The summed E-state index contributed by atoms with van der Waals surface area (Å²) in [6.45, 7) is -0.649. The largest absolute Gasteiger partial charge is 0.480 e. The van der Waals surface area contributed by atoms with Crippen LogP contribution in [0.15, 0.2) is 12.1 Å². The zero-order chi connectivity index (χ0) is 12.3. The van der Waals surface area contributed by atoms with Crippen molar-refractivity contribution in [2.24, 2.45) is 5.73 Å². The van der Waals surface area contributed by atoms with Gasteiger partial charge in [-0.15, -0.1) is 0 Å². The number of nitrogens with two attached hydrogens (primary N) is 1. The molecule has 16 heavy (non-hydrogen) atoms. The topological polar surface area (TPSA) is 89.6 Å². The summed E-state index contributed by atoms with van der Waals surface area (Å²) in [5.41, 5.74) is 4.48. The Morgan fingerprint density at radius 1 is 1.50 bits per heavy atom. The van der Waals surface area contributed by atoms with E-state index >= 15 is 0 Å². The summed E-state index contributed by atoms with van der Waals surface area (Å²) in [5, 5.41) is 8.23. The second-order valence-electron chi connectivity index (χ2n) is 2.81. The van der Waals surface area contributed by atoms with Crippen molar-refractivity contribution in [2.75, 3.05) is 6.61 Å². The highest BCUT2D eigenvalue weighted by Crippen LogP contribution is 2.27. The molecule has 5 nitrogen and oxygen atoms in total. The summed E-state index contributed by atoms with van der Waals surface area (Å²) in [4.78, 5) is 21.0. The third kappa shape index (κ3) is 2.83. The van der Waals surface area contributed by atoms with Gasteiger partial charge in [-0.2, -0.15) is 0 Å². The van der Waals surface area contributed by atoms with Crippen LogP contribution in [0.1, 0.15) is 10.4 Å². The highest BCUT2D eigenvalue weighted by Gasteiger charge is 2.14. The third-order valence-electron chi connectivity index (χ3n) is 1.64. The van der Waals surface area contributed by atoms with Gasteiger partial charge in [-0.1, -0.05) is 11.6 Å². The normalized spacial score (nSPS) is 9.88. The Labute approximate surface area is 94.6 Å². The number of halogens is 2. The molecule has 1 aromatic carbocycles. The fourth-order valence-electron chi connectivity index (χ4n) is 0.968. The highest BCUT2D eigenvalue weighted by molar-refractivity contribution is 6.32. The molecule has 0 heterocycles. The van der Waals surface area contributed by atoms with E-state index in [4.69, 9.17) is 27.2 Å². The van der Waals surface area contributed by atoms with E-state index in [1.807, 2.05) is 0 Å². The van der Waals surface area contributed by atoms with E-state index in [0.29, 0.717) is 0 Å². The van der Waals surface area contributed by atoms with E-state index in [-0.39, 0.29) is 10.8 Å². The molecule has 3 N–H and O–H groups in total. The van der Waals surface area contributed by atoms with Gasteiger partial charge in [0.05, 0.1) is 10.6 Å². The summed E-state index contributed by atoms with van der Waals surface area (Å²) in [6, 6.07) is 1.79. The Balaban J connectivity index is 3.05. The molecule has 0 spiro atoms. The number of amides is 1. The maximum Gasteiger partial charge on any atom is 0.341 e. The van der Waals surface area contributed by atoms with Crippen molar-refractivity contribution >= 4 is 23.5 Å². The molecule has 0 aliphatic rings. The Morgan fingerprint density at radius 2 is 2.12 bits per heavy atom. The minimum atomic E-state index is -1.22. The molecular formula is C9H7ClFNO4.